The molecule has 3 N–H and O–H groups in total. The maximum Gasteiger partial charge on any atom is 0.0909 e. The lowest BCUT2D eigenvalue weighted by Gasteiger charge is -2.36. The third-order valence-corrected chi connectivity index (χ3v) is 3.66. The molecule has 2 atom stereocenters. The van der Waals surface area contributed by atoms with E-state index in [1.807, 2.05) is 24.3 Å². The fourth-order valence-electron chi connectivity index (χ4n) is 2.31. The largest absolute Gasteiger partial charge is 0.374 e. The summed E-state index contributed by atoms with van der Waals surface area (Å²) in [5, 5.41) is 0.731. The Morgan fingerprint density at radius 2 is 2.22 bits per heavy atom. The van der Waals surface area contributed by atoms with Crippen molar-refractivity contribution < 1.29 is 4.74 Å². The van der Waals surface area contributed by atoms with Gasteiger partial charge in [0, 0.05) is 18.1 Å². The minimum Gasteiger partial charge on any atom is -0.374 e. The summed E-state index contributed by atoms with van der Waals surface area (Å²) in [5.41, 5.74) is 3.96. The van der Waals surface area contributed by atoms with Gasteiger partial charge in [-0.05, 0) is 24.2 Å². The predicted octanol–water partition coefficient (Wildman–Crippen LogP) is 1.57. The first-order valence-electron chi connectivity index (χ1n) is 6.30. The van der Waals surface area contributed by atoms with E-state index in [-0.39, 0.29) is 12.1 Å². The number of likely N-dealkylation sites (N-methyl/N-ethyl adjacent to an activating group) is 1. The second kappa shape index (κ2) is 6.50. The molecule has 1 saturated heterocycles. The van der Waals surface area contributed by atoms with Crippen molar-refractivity contribution in [3.8, 4) is 0 Å². The van der Waals surface area contributed by atoms with E-state index < -0.39 is 0 Å². The van der Waals surface area contributed by atoms with E-state index in [2.05, 4.69) is 17.2 Å². The van der Waals surface area contributed by atoms with Gasteiger partial charge in [0.2, 0.25) is 0 Å². The monoisotopic (exact) mass is 269 g/mol. The molecule has 1 aromatic rings. The number of nitrogens with two attached hydrogens (primary N) is 1. The molecule has 1 aliphatic heterocycles. The van der Waals surface area contributed by atoms with Gasteiger partial charge in [0.1, 0.15) is 0 Å². The first kappa shape index (κ1) is 13.8. The average molecular weight is 270 g/mol. The fraction of sp³-hybridized carbons (Fsp3) is 0.538. The standard InChI is InChI=1S/C13H20ClN3O/c1-2-17-7-8-18-12(9-17)13(16-15)10-3-5-11(14)6-4-10/h3-6,12-13,16H,2,7-9,15H2,1H3. The Morgan fingerprint density at radius 3 is 2.83 bits per heavy atom. The van der Waals surface area contributed by atoms with E-state index in [9.17, 15) is 0 Å². The topological polar surface area (TPSA) is 50.5 Å². The highest BCUT2D eigenvalue weighted by Crippen LogP contribution is 2.23. The van der Waals surface area contributed by atoms with E-state index in [0.717, 1.165) is 36.8 Å². The zero-order valence-corrected chi connectivity index (χ0v) is 11.4. The number of nitrogens with one attached hydrogen (secondary N) is 1. The van der Waals surface area contributed by atoms with Crippen LogP contribution in [-0.4, -0.2) is 37.2 Å². The molecule has 0 spiro atoms. The summed E-state index contributed by atoms with van der Waals surface area (Å²) in [6.45, 7) is 5.84. The van der Waals surface area contributed by atoms with E-state index in [0.29, 0.717) is 0 Å². The second-order valence-corrected chi connectivity index (χ2v) is 4.93. The molecule has 0 aromatic heterocycles. The molecule has 2 rings (SSSR count). The normalized spacial score (nSPS) is 22.9. The number of halogens is 1. The molecule has 0 radical (unpaired) electrons. The summed E-state index contributed by atoms with van der Waals surface area (Å²) in [6, 6.07) is 7.72. The summed E-state index contributed by atoms with van der Waals surface area (Å²) in [4.78, 5) is 2.37. The molecule has 1 aromatic carbocycles. The van der Waals surface area contributed by atoms with Gasteiger partial charge in [-0.2, -0.15) is 0 Å². The number of benzene rings is 1. The zero-order valence-electron chi connectivity index (χ0n) is 10.6. The smallest absolute Gasteiger partial charge is 0.0909 e. The van der Waals surface area contributed by atoms with Gasteiger partial charge in [0.15, 0.2) is 0 Å². The lowest BCUT2D eigenvalue weighted by atomic mass is 10.0. The Bertz CT molecular complexity index is 371. The van der Waals surface area contributed by atoms with Crippen molar-refractivity contribution in [2.24, 2.45) is 5.84 Å². The van der Waals surface area contributed by atoms with Crippen molar-refractivity contribution in [1.29, 1.82) is 0 Å². The molecule has 5 heteroatoms. The minimum absolute atomic E-state index is 0.00313. The van der Waals surface area contributed by atoms with Crippen molar-refractivity contribution in [1.82, 2.24) is 10.3 Å². The van der Waals surface area contributed by atoms with Gasteiger partial charge in [0.25, 0.3) is 0 Å². The van der Waals surface area contributed by atoms with Crippen LogP contribution in [0.2, 0.25) is 5.02 Å². The molecule has 1 aliphatic rings. The van der Waals surface area contributed by atoms with Crippen molar-refractivity contribution in [2.45, 2.75) is 19.1 Å². The fourth-order valence-corrected chi connectivity index (χ4v) is 2.43. The maximum absolute atomic E-state index is 5.90. The summed E-state index contributed by atoms with van der Waals surface area (Å²) >= 11 is 5.90. The number of nitrogens with zero attached hydrogens (tertiary/aromatic N) is 1. The van der Waals surface area contributed by atoms with Crippen LogP contribution in [0.4, 0.5) is 0 Å². The van der Waals surface area contributed by atoms with Crippen LogP contribution in [0.3, 0.4) is 0 Å². The Morgan fingerprint density at radius 1 is 1.50 bits per heavy atom. The van der Waals surface area contributed by atoms with Crippen molar-refractivity contribution in [2.75, 3.05) is 26.2 Å². The molecule has 0 amide bonds. The van der Waals surface area contributed by atoms with Gasteiger partial charge in [-0.15, -0.1) is 0 Å². The highest BCUT2D eigenvalue weighted by molar-refractivity contribution is 6.30. The Balaban J connectivity index is 2.10. The van der Waals surface area contributed by atoms with E-state index >= 15 is 0 Å². The summed E-state index contributed by atoms with van der Waals surface area (Å²) < 4.78 is 5.83. The molecule has 100 valence electrons. The minimum atomic E-state index is -0.00313. The van der Waals surface area contributed by atoms with Gasteiger partial charge < -0.3 is 4.74 Å². The van der Waals surface area contributed by atoms with Crippen LogP contribution in [0.15, 0.2) is 24.3 Å². The third-order valence-electron chi connectivity index (χ3n) is 3.41. The number of hydrogen-bond donors (Lipinski definition) is 2. The molecular weight excluding hydrogens is 250 g/mol. The number of hydrazine groups is 1. The molecular formula is C13H20ClN3O. The predicted molar refractivity (Wildman–Crippen MR) is 73.4 cm³/mol. The molecule has 4 nitrogen and oxygen atoms in total. The Hall–Kier alpha value is -0.650. The molecule has 0 aliphatic carbocycles. The van der Waals surface area contributed by atoms with Gasteiger partial charge in [-0.25, -0.2) is 0 Å². The molecule has 2 unspecified atom stereocenters. The highest BCUT2D eigenvalue weighted by atomic mass is 35.5. The van der Waals surface area contributed by atoms with Crippen molar-refractivity contribution in [3.63, 3.8) is 0 Å². The number of hydrogen-bond acceptors (Lipinski definition) is 4. The van der Waals surface area contributed by atoms with Crippen molar-refractivity contribution >= 4 is 11.6 Å². The lowest BCUT2D eigenvalue weighted by molar-refractivity contribution is -0.0456. The first-order chi connectivity index (χ1) is 8.74. The maximum atomic E-state index is 5.90. The molecule has 0 bridgehead atoms. The summed E-state index contributed by atoms with van der Waals surface area (Å²) in [6.07, 6.45) is 0.0740. The average Bonchev–Trinajstić information content (AvgIpc) is 2.42. The first-order valence-corrected chi connectivity index (χ1v) is 6.68. The van der Waals surface area contributed by atoms with E-state index in [4.69, 9.17) is 22.2 Å². The second-order valence-electron chi connectivity index (χ2n) is 4.50. The van der Waals surface area contributed by atoms with E-state index in [1.165, 1.54) is 0 Å². The number of rotatable bonds is 4. The molecule has 0 saturated carbocycles. The van der Waals surface area contributed by atoms with Crippen LogP contribution in [0.1, 0.15) is 18.5 Å². The highest BCUT2D eigenvalue weighted by Gasteiger charge is 2.27. The lowest BCUT2D eigenvalue weighted by Crippen LogP contribution is -2.49. The molecule has 1 fully saturated rings. The zero-order chi connectivity index (χ0) is 13.0. The van der Waals surface area contributed by atoms with Crippen LogP contribution in [0, 0.1) is 0 Å². The Kier molecular flexibility index (Phi) is 4.97. The van der Waals surface area contributed by atoms with Gasteiger partial charge in [-0.3, -0.25) is 16.2 Å². The van der Waals surface area contributed by atoms with Crippen LogP contribution < -0.4 is 11.3 Å². The van der Waals surface area contributed by atoms with Crippen LogP contribution >= 0.6 is 11.6 Å². The molecule has 18 heavy (non-hydrogen) atoms. The van der Waals surface area contributed by atoms with Gasteiger partial charge in [-0.1, -0.05) is 30.7 Å². The summed E-state index contributed by atoms with van der Waals surface area (Å²) in [5.74, 6) is 5.68. The summed E-state index contributed by atoms with van der Waals surface area (Å²) in [7, 11) is 0. The quantitative estimate of drug-likeness (QED) is 0.644. The van der Waals surface area contributed by atoms with Crippen LogP contribution in [0.25, 0.3) is 0 Å². The number of morpholine rings is 1. The number of ether oxygens (including phenoxy) is 1. The van der Waals surface area contributed by atoms with Gasteiger partial charge in [0.05, 0.1) is 18.8 Å². The van der Waals surface area contributed by atoms with Crippen LogP contribution in [-0.2, 0) is 4.74 Å². The SMILES string of the molecule is CCN1CCOC(C(NN)c2ccc(Cl)cc2)C1. The molecule has 1 heterocycles. The third kappa shape index (κ3) is 3.22. The van der Waals surface area contributed by atoms with E-state index in [1.54, 1.807) is 0 Å². The van der Waals surface area contributed by atoms with Gasteiger partial charge >= 0.3 is 0 Å². The van der Waals surface area contributed by atoms with Crippen molar-refractivity contribution in [3.05, 3.63) is 34.9 Å². The van der Waals surface area contributed by atoms with Crippen LogP contribution in [0.5, 0.6) is 0 Å². The Labute approximate surface area is 113 Å².